The number of aromatic nitrogens is 2. The van der Waals surface area contributed by atoms with E-state index in [0.29, 0.717) is 35.1 Å². The minimum atomic E-state index is 0.0854. The number of ether oxygens (including phenoxy) is 2. The monoisotopic (exact) mass is 248 g/mol. The lowest BCUT2D eigenvalue weighted by molar-refractivity contribution is 0.111. The van der Waals surface area contributed by atoms with Crippen LogP contribution in [0.15, 0.2) is 22.6 Å². The second-order valence-electron chi connectivity index (χ2n) is 3.50. The van der Waals surface area contributed by atoms with E-state index in [4.69, 9.17) is 13.9 Å². The fraction of sp³-hybridized carbons (Fsp3) is 0.250. The Morgan fingerprint density at radius 3 is 2.83 bits per heavy atom. The number of benzene rings is 1. The number of carbonyl (C=O) groups excluding carboxylic acids is 1. The average Bonchev–Trinajstić information content (AvgIpc) is 2.81. The molecule has 0 saturated carbocycles. The maximum absolute atomic E-state index is 10.9. The third kappa shape index (κ3) is 2.48. The maximum Gasteiger partial charge on any atom is 0.253 e. The molecule has 6 heteroatoms. The molecule has 0 aliphatic heterocycles. The zero-order valence-corrected chi connectivity index (χ0v) is 10.0. The van der Waals surface area contributed by atoms with Gasteiger partial charge in [0, 0.05) is 6.92 Å². The summed E-state index contributed by atoms with van der Waals surface area (Å²) in [5, 5.41) is 7.49. The van der Waals surface area contributed by atoms with E-state index in [1.165, 1.54) is 7.11 Å². The average molecular weight is 248 g/mol. The van der Waals surface area contributed by atoms with Crippen LogP contribution in [0.5, 0.6) is 11.5 Å². The molecule has 0 N–H and O–H groups in total. The van der Waals surface area contributed by atoms with Crippen LogP contribution < -0.4 is 9.47 Å². The Kier molecular flexibility index (Phi) is 3.57. The zero-order valence-electron chi connectivity index (χ0n) is 10.0. The number of nitrogens with zero attached hydrogens (tertiary/aromatic N) is 2. The highest BCUT2D eigenvalue weighted by Gasteiger charge is 2.12. The van der Waals surface area contributed by atoms with E-state index in [9.17, 15) is 4.79 Å². The van der Waals surface area contributed by atoms with Gasteiger partial charge in [0.1, 0.15) is 0 Å². The summed E-state index contributed by atoms with van der Waals surface area (Å²) in [5.74, 6) is 1.65. The van der Waals surface area contributed by atoms with E-state index in [1.807, 2.05) is 0 Å². The number of hydrogen-bond acceptors (Lipinski definition) is 6. The predicted octanol–water partition coefficient (Wildman–Crippen LogP) is 1.78. The summed E-state index contributed by atoms with van der Waals surface area (Å²) >= 11 is 0. The standard InChI is InChI=1S/C12H12N2O4/c1-8-13-14-11(18-8)7-17-12-9(6-15)4-3-5-10(12)16-2/h3-6H,7H2,1-2H3. The third-order valence-corrected chi connectivity index (χ3v) is 2.26. The Morgan fingerprint density at radius 1 is 1.39 bits per heavy atom. The highest BCUT2D eigenvalue weighted by atomic mass is 16.5. The largest absolute Gasteiger partial charge is 0.493 e. The quantitative estimate of drug-likeness (QED) is 0.751. The van der Waals surface area contributed by atoms with Gasteiger partial charge in [-0.05, 0) is 12.1 Å². The number of aldehydes is 1. The summed E-state index contributed by atoms with van der Waals surface area (Å²) in [6.07, 6.45) is 0.705. The molecular formula is C12H12N2O4. The molecule has 0 radical (unpaired) electrons. The molecule has 0 atom stereocenters. The summed E-state index contributed by atoms with van der Waals surface area (Å²) in [5.41, 5.74) is 0.408. The number of aryl methyl sites for hydroxylation is 1. The van der Waals surface area contributed by atoms with Crippen molar-refractivity contribution in [2.45, 2.75) is 13.5 Å². The highest BCUT2D eigenvalue weighted by Crippen LogP contribution is 2.30. The minimum Gasteiger partial charge on any atom is -0.493 e. The second kappa shape index (κ2) is 5.31. The number of para-hydroxylation sites is 1. The molecule has 0 fully saturated rings. The predicted molar refractivity (Wildman–Crippen MR) is 61.7 cm³/mol. The van der Waals surface area contributed by atoms with Gasteiger partial charge < -0.3 is 13.9 Å². The van der Waals surface area contributed by atoms with Crippen molar-refractivity contribution in [3.8, 4) is 11.5 Å². The summed E-state index contributed by atoms with van der Waals surface area (Å²) in [6, 6.07) is 5.07. The number of rotatable bonds is 5. The molecule has 18 heavy (non-hydrogen) atoms. The van der Waals surface area contributed by atoms with Gasteiger partial charge in [0.05, 0.1) is 12.7 Å². The van der Waals surface area contributed by atoms with E-state index in [2.05, 4.69) is 10.2 Å². The first kappa shape index (κ1) is 12.1. The molecule has 2 rings (SSSR count). The number of hydrogen-bond donors (Lipinski definition) is 0. The fourth-order valence-corrected chi connectivity index (χ4v) is 1.47. The van der Waals surface area contributed by atoms with Crippen LogP contribution in [-0.4, -0.2) is 23.6 Å². The van der Waals surface area contributed by atoms with Gasteiger partial charge in [0.25, 0.3) is 5.89 Å². The molecule has 1 aromatic heterocycles. The Balaban J connectivity index is 2.19. The lowest BCUT2D eigenvalue weighted by Crippen LogP contribution is -2.01. The highest BCUT2D eigenvalue weighted by molar-refractivity contribution is 5.81. The van der Waals surface area contributed by atoms with Crippen molar-refractivity contribution in [3.63, 3.8) is 0 Å². The Bertz CT molecular complexity index is 551. The van der Waals surface area contributed by atoms with E-state index >= 15 is 0 Å². The molecule has 0 spiro atoms. The van der Waals surface area contributed by atoms with Crippen molar-refractivity contribution in [1.29, 1.82) is 0 Å². The first-order valence-corrected chi connectivity index (χ1v) is 5.28. The van der Waals surface area contributed by atoms with Gasteiger partial charge in [-0.25, -0.2) is 0 Å². The first-order chi connectivity index (χ1) is 8.74. The van der Waals surface area contributed by atoms with Crippen molar-refractivity contribution in [1.82, 2.24) is 10.2 Å². The molecule has 0 aliphatic carbocycles. The summed E-state index contributed by atoms with van der Waals surface area (Å²) < 4.78 is 15.8. The van der Waals surface area contributed by atoms with E-state index in [1.54, 1.807) is 25.1 Å². The molecule has 2 aromatic rings. The van der Waals surface area contributed by atoms with Gasteiger partial charge in [-0.3, -0.25) is 4.79 Å². The third-order valence-electron chi connectivity index (χ3n) is 2.26. The Morgan fingerprint density at radius 2 is 2.22 bits per heavy atom. The molecule has 0 unspecified atom stereocenters. The van der Waals surface area contributed by atoms with Crippen LogP contribution in [-0.2, 0) is 6.61 Å². The molecular weight excluding hydrogens is 236 g/mol. The Hall–Kier alpha value is -2.37. The van der Waals surface area contributed by atoms with Crippen molar-refractivity contribution >= 4 is 6.29 Å². The van der Waals surface area contributed by atoms with Crippen LogP contribution in [0.25, 0.3) is 0 Å². The molecule has 0 saturated heterocycles. The van der Waals surface area contributed by atoms with Gasteiger partial charge >= 0.3 is 0 Å². The van der Waals surface area contributed by atoms with Gasteiger partial charge in [-0.15, -0.1) is 10.2 Å². The van der Waals surface area contributed by atoms with Crippen molar-refractivity contribution in [2.75, 3.05) is 7.11 Å². The molecule has 94 valence electrons. The van der Waals surface area contributed by atoms with Crippen molar-refractivity contribution < 1.29 is 18.7 Å². The molecule has 0 aliphatic rings. The lowest BCUT2D eigenvalue weighted by atomic mass is 10.2. The van der Waals surface area contributed by atoms with E-state index in [-0.39, 0.29) is 6.61 Å². The zero-order chi connectivity index (χ0) is 13.0. The lowest BCUT2D eigenvalue weighted by Gasteiger charge is -2.10. The van der Waals surface area contributed by atoms with Crippen LogP contribution >= 0.6 is 0 Å². The van der Waals surface area contributed by atoms with Crippen LogP contribution in [0.3, 0.4) is 0 Å². The first-order valence-electron chi connectivity index (χ1n) is 5.28. The van der Waals surface area contributed by atoms with Gasteiger partial charge in [0.2, 0.25) is 5.89 Å². The molecule has 1 heterocycles. The van der Waals surface area contributed by atoms with Crippen LogP contribution in [0.1, 0.15) is 22.1 Å². The Labute approximate surface area is 104 Å². The van der Waals surface area contributed by atoms with Crippen LogP contribution in [0, 0.1) is 6.92 Å². The summed E-state index contributed by atoms with van der Waals surface area (Å²) in [7, 11) is 1.51. The fourth-order valence-electron chi connectivity index (χ4n) is 1.47. The topological polar surface area (TPSA) is 74.5 Å². The number of carbonyl (C=O) groups is 1. The molecule has 6 nitrogen and oxygen atoms in total. The van der Waals surface area contributed by atoms with Crippen LogP contribution in [0.2, 0.25) is 0 Å². The molecule has 0 bridgehead atoms. The smallest absolute Gasteiger partial charge is 0.253 e. The normalized spacial score (nSPS) is 10.1. The van der Waals surface area contributed by atoms with E-state index in [0.717, 1.165) is 0 Å². The summed E-state index contributed by atoms with van der Waals surface area (Å²) in [4.78, 5) is 10.9. The van der Waals surface area contributed by atoms with Gasteiger partial charge in [0.15, 0.2) is 24.4 Å². The number of methoxy groups -OCH3 is 1. The SMILES string of the molecule is COc1cccc(C=O)c1OCc1nnc(C)o1. The van der Waals surface area contributed by atoms with Gasteiger partial charge in [-0.2, -0.15) is 0 Å². The second-order valence-corrected chi connectivity index (χ2v) is 3.50. The van der Waals surface area contributed by atoms with Crippen molar-refractivity contribution in [3.05, 3.63) is 35.5 Å². The minimum absolute atomic E-state index is 0.0854. The summed E-state index contributed by atoms with van der Waals surface area (Å²) in [6.45, 7) is 1.78. The van der Waals surface area contributed by atoms with Gasteiger partial charge in [-0.1, -0.05) is 6.07 Å². The van der Waals surface area contributed by atoms with Crippen molar-refractivity contribution in [2.24, 2.45) is 0 Å². The van der Waals surface area contributed by atoms with Crippen LogP contribution in [0.4, 0.5) is 0 Å². The van der Waals surface area contributed by atoms with E-state index < -0.39 is 0 Å². The maximum atomic E-state index is 10.9. The molecule has 0 amide bonds. The molecule has 1 aromatic carbocycles.